The van der Waals surface area contributed by atoms with Crippen molar-refractivity contribution in [2.24, 2.45) is 0 Å². The monoisotopic (exact) mass is 428 g/mol. The maximum absolute atomic E-state index is 13.2. The molecule has 1 aliphatic heterocycles. The molecule has 0 radical (unpaired) electrons. The number of nitrogens with zero attached hydrogens (tertiary/aromatic N) is 1. The van der Waals surface area contributed by atoms with Crippen LogP contribution in [-0.4, -0.2) is 48.4 Å². The molecule has 0 spiro atoms. The highest BCUT2D eigenvalue weighted by molar-refractivity contribution is 5.85. The summed E-state index contributed by atoms with van der Waals surface area (Å²) in [6, 6.07) is 9.28. The molecule has 4 amide bonds. The van der Waals surface area contributed by atoms with E-state index in [0.29, 0.717) is 13.1 Å². The number of hydrogen-bond donors (Lipinski definition) is 3. The highest BCUT2D eigenvalue weighted by Crippen LogP contribution is 2.26. The van der Waals surface area contributed by atoms with Gasteiger partial charge in [0.05, 0.1) is 19.0 Å². The van der Waals surface area contributed by atoms with Crippen LogP contribution in [0.15, 0.2) is 30.3 Å². The Morgan fingerprint density at radius 3 is 2.45 bits per heavy atom. The molecule has 0 aromatic heterocycles. The van der Waals surface area contributed by atoms with Gasteiger partial charge in [0.25, 0.3) is 0 Å². The van der Waals surface area contributed by atoms with E-state index in [9.17, 15) is 14.4 Å². The highest BCUT2D eigenvalue weighted by atomic mass is 16.2. The summed E-state index contributed by atoms with van der Waals surface area (Å²) in [5.41, 5.74) is 0.942. The molecule has 3 N–H and O–H groups in total. The van der Waals surface area contributed by atoms with Gasteiger partial charge in [-0.1, -0.05) is 62.4 Å². The predicted octanol–water partition coefficient (Wildman–Crippen LogP) is 3.27. The highest BCUT2D eigenvalue weighted by Gasteiger charge is 2.28. The number of carbonyl (C=O) groups is 3. The van der Waals surface area contributed by atoms with Crippen LogP contribution in [0.3, 0.4) is 0 Å². The Hall–Kier alpha value is -2.57. The van der Waals surface area contributed by atoms with Crippen molar-refractivity contribution >= 4 is 17.8 Å². The van der Waals surface area contributed by atoms with Gasteiger partial charge in [-0.25, -0.2) is 4.79 Å². The van der Waals surface area contributed by atoms with Crippen LogP contribution in [0.25, 0.3) is 0 Å². The summed E-state index contributed by atoms with van der Waals surface area (Å²) in [4.78, 5) is 39.8. The standard InChI is InChI=1S/C24H36N4O3/c29-22-17-21(19-11-5-3-6-12-19)28(16-10-2-1-9-15-25-22)23(30)18-26-24(31)27-20-13-7-4-8-14-20/h3,5-6,11-12,20-21H,1-2,4,7-10,13-18H2,(H,25,29)(H2,26,27,31). The number of rotatable bonds is 4. The fourth-order valence-corrected chi connectivity index (χ4v) is 4.51. The molecule has 2 fully saturated rings. The van der Waals surface area contributed by atoms with Crippen molar-refractivity contribution in [3.63, 3.8) is 0 Å². The van der Waals surface area contributed by atoms with Crippen LogP contribution in [0.5, 0.6) is 0 Å². The predicted molar refractivity (Wildman–Crippen MR) is 120 cm³/mol. The third kappa shape index (κ3) is 7.56. The van der Waals surface area contributed by atoms with E-state index in [2.05, 4.69) is 16.0 Å². The molecule has 0 bridgehead atoms. The summed E-state index contributed by atoms with van der Waals surface area (Å²) in [7, 11) is 0. The van der Waals surface area contributed by atoms with Gasteiger partial charge in [-0.05, 0) is 31.2 Å². The first-order chi connectivity index (χ1) is 15.1. The molecule has 1 unspecified atom stereocenters. The van der Waals surface area contributed by atoms with E-state index in [4.69, 9.17) is 0 Å². The lowest BCUT2D eigenvalue weighted by atomic mass is 9.96. The fourth-order valence-electron chi connectivity index (χ4n) is 4.51. The molecule has 1 heterocycles. The van der Waals surface area contributed by atoms with Crippen LogP contribution in [-0.2, 0) is 9.59 Å². The molecular weight excluding hydrogens is 392 g/mol. The maximum Gasteiger partial charge on any atom is 0.315 e. The molecule has 170 valence electrons. The van der Waals surface area contributed by atoms with Crippen LogP contribution in [0.2, 0.25) is 0 Å². The van der Waals surface area contributed by atoms with Crippen molar-refractivity contribution in [2.75, 3.05) is 19.6 Å². The van der Waals surface area contributed by atoms with E-state index >= 15 is 0 Å². The lowest BCUT2D eigenvalue weighted by Crippen LogP contribution is -2.48. The van der Waals surface area contributed by atoms with Crippen molar-refractivity contribution in [2.45, 2.75) is 76.3 Å². The van der Waals surface area contributed by atoms with Crippen LogP contribution in [0, 0.1) is 0 Å². The molecule has 31 heavy (non-hydrogen) atoms. The zero-order chi connectivity index (χ0) is 21.9. The number of urea groups is 1. The topological polar surface area (TPSA) is 90.5 Å². The van der Waals surface area contributed by atoms with Gasteiger partial charge in [-0.3, -0.25) is 9.59 Å². The zero-order valence-corrected chi connectivity index (χ0v) is 18.4. The average molecular weight is 429 g/mol. The molecule has 1 atom stereocenters. The SMILES string of the molecule is O=C1CC(c2ccccc2)N(C(=O)CNC(=O)NC2CCCCC2)CCCCCCN1. The minimum absolute atomic E-state index is 0.0449. The van der Waals surface area contributed by atoms with Gasteiger partial charge in [-0.15, -0.1) is 0 Å². The van der Waals surface area contributed by atoms with Gasteiger partial charge >= 0.3 is 6.03 Å². The van der Waals surface area contributed by atoms with Crippen LogP contribution >= 0.6 is 0 Å². The second-order valence-electron chi connectivity index (χ2n) is 8.64. The Balaban J connectivity index is 1.66. The van der Waals surface area contributed by atoms with Crippen molar-refractivity contribution in [3.8, 4) is 0 Å². The second kappa shape index (κ2) is 12.3. The first-order valence-electron chi connectivity index (χ1n) is 11.8. The molecule has 2 aliphatic rings. The van der Waals surface area contributed by atoms with E-state index < -0.39 is 0 Å². The molecule has 1 aliphatic carbocycles. The molecule has 1 saturated heterocycles. The molecule has 1 aromatic rings. The average Bonchev–Trinajstić information content (AvgIpc) is 2.83. The van der Waals surface area contributed by atoms with E-state index in [1.54, 1.807) is 4.90 Å². The van der Waals surface area contributed by atoms with Gasteiger partial charge in [-0.2, -0.15) is 0 Å². The van der Waals surface area contributed by atoms with Crippen LogP contribution in [0.1, 0.15) is 75.8 Å². The Labute approximate surface area is 185 Å². The second-order valence-corrected chi connectivity index (χ2v) is 8.64. The van der Waals surface area contributed by atoms with Gasteiger partial charge in [0.15, 0.2) is 0 Å². The summed E-state index contributed by atoms with van der Waals surface area (Å²) in [5, 5.41) is 8.71. The number of nitrogens with one attached hydrogen (secondary N) is 3. The lowest BCUT2D eigenvalue weighted by molar-refractivity contribution is -0.134. The smallest absolute Gasteiger partial charge is 0.315 e. The minimum Gasteiger partial charge on any atom is -0.356 e. The maximum atomic E-state index is 13.2. The van der Waals surface area contributed by atoms with E-state index in [-0.39, 0.29) is 42.9 Å². The molecule has 1 aromatic carbocycles. The van der Waals surface area contributed by atoms with Crippen molar-refractivity contribution in [3.05, 3.63) is 35.9 Å². The Morgan fingerprint density at radius 2 is 1.68 bits per heavy atom. The summed E-state index contributed by atoms with van der Waals surface area (Å²) >= 11 is 0. The van der Waals surface area contributed by atoms with Crippen molar-refractivity contribution in [1.29, 1.82) is 0 Å². The first kappa shape index (κ1) is 23.1. The summed E-state index contributed by atoms with van der Waals surface area (Å²) < 4.78 is 0. The summed E-state index contributed by atoms with van der Waals surface area (Å²) in [6.07, 6.45) is 9.60. The minimum atomic E-state index is -0.338. The third-order valence-corrected chi connectivity index (χ3v) is 6.25. The number of carbonyl (C=O) groups excluding carboxylic acids is 3. The van der Waals surface area contributed by atoms with E-state index in [0.717, 1.165) is 56.9 Å². The number of amides is 4. The quantitative estimate of drug-likeness (QED) is 0.687. The molecule has 7 nitrogen and oxygen atoms in total. The van der Waals surface area contributed by atoms with Gasteiger partial charge < -0.3 is 20.9 Å². The normalized spacial score (nSPS) is 21.5. The summed E-state index contributed by atoms with van der Waals surface area (Å²) in [6.45, 7) is 1.19. The van der Waals surface area contributed by atoms with Gasteiger partial charge in [0.1, 0.15) is 0 Å². The number of benzene rings is 1. The summed E-state index contributed by atoms with van der Waals surface area (Å²) in [5.74, 6) is -0.198. The molecule has 7 heteroatoms. The Morgan fingerprint density at radius 1 is 0.968 bits per heavy atom. The first-order valence-corrected chi connectivity index (χ1v) is 11.8. The van der Waals surface area contributed by atoms with Crippen molar-refractivity contribution < 1.29 is 14.4 Å². The lowest BCUT2D eigenvalue weighted by Gasteiger charge is -2.32. The van der Waals surface area contributed by atoms with Gasteiger partial charge in [0, 0.05) is 19.1 Å². The number of hydrogen-bond acceptors (Lipinski definition) is 3. The van der Waals surface area contributed by atoms with E-state index in [1.807, 2.05) is 30.3 Å². The Bertz CT molecular complexity index is 719. The van der Waals surface area contributed by atoms with Crippen LogP contribution in [0.4, 0.5) is 4.79 Å². The Kier molecular flexibility index (Phi) is 9.18. The van der Waals surface area contributed by atoms with Gasteiger partial charge in [0.2, 0.25) is 11.8 Å². The van der Waals surface area contributed by atoms with Crippen LogP contribution < -0.4 is 16.0 Å². The largest absolute Gasteiger partial charge is 0.356 e. The van der Waals surface area contributed by atoms with Crippen molar-refractivity contribution in [1.82, 2.24) is 20.9 Å². The fraction of sp³-hybridized carbons (Fsp3) is 0.625. The third-order valence-electron chi connectivity index (χ3n) is 6.25. The molecule has 1 saturated carbocycles. The zero-order valence-electron chi connectivity index (χ0n) is 18.4. The van der Waals surface area contributed by atoms with E-state index in [1.165, 1.54) is 6.42 Å². The molecular formula is C24H36N4O3. The molecule has 3 rings (SSSR count).